The van der Waals surface area contributed by atoms with Gasteiger partial charge in [0.25, 0.3) is 5.89 Å². The Kier molecular flexibility index (Phi) is 3.98. The second-order valence-corrected chi connectivity index (χ2v) is 4.35. The molecule has 21 heavy (non-hydrogen) atoms. The summed E-state index contributed by atoms with van der Waals surface area (Å²) >= 11 is 0. The number of benzene rings is 1. The molecular weight excluding hydrogens is 272 g/mol. The average molecular weight is 288 g/mol. The molecule has 0 saturated heterocycles. The predicted molar refractivity (Wildman–Crippen MR) is 75.5 cm³/mol. The Balaban J connectivity index is 1.89. The van der Waals surface area contributed by atoms with Gasteiger partial charge in [0.05, 0.1) is 0 Å². The van der Waals surface area contributed by atoms with Gasteiger partial charge < -0.3 is 18.4 Å². The van der Waals surface area contributed by atoms with Gasteiger partial charge in [0, 0.05) is 18.6 Å². The molecule has 6 nitrogen and oxygen atoms in total. The van der Waals surface area contributed by atoms with Crippen LogP contribution in [0.3, 0.4) is 0 Å². The van der Waals surface area contributed by atoms with Crippen molar-refractivity contribution in [1.82, 2.24) is 10.1 Å². The summed E-state index contributed by atoms with van der Waals surface area (Å²) in [4.78, 5) is 4.29. The van der Waals surface area contributed by atoms with E-state index in [4.69, 9.17) is 18.4 Å². The summed E-state index contributed by atoms with van der Waals surface area (Å²) < 4.78 is 21.8. The van der Waals surface area contributed by atoms with Crippen LogP contribution in [0.1, 0.15) is 26.0 Å². The van der Waals surface area contributed by atoms with Crippen LogP contribution in [-0.2, 0) is 9.47 Å². The molecule has 0 spiro atoms. The second-order valence-electron chi connectivity index (χ2n) is 4.35. The third-order valence-corrected chi connectivity index (χ3v) is 2.93. The minimum absolute atomic E-state index is 0.286. The van der Waals surface area contributed by atoms with Crippen LogP contribution >= 0.6 is 0 Å². The van der Waals surface area contributed by atoms with Crippen LogP contribution in [0.15, 0.2) is 39.3 Å². The normalized spacial score (nSPS) is 11.6. The van der Waals surface area contributed by atoms with Crippen molar-refractivity contribution in [3.63, 3.8) is 0 Å². The molecule has 3 aromatic rings. The first-order valence-corrected chi connectivity index (χ1v) is 6.87. The Morgan fingerprint density at radius 1 is 1.14 bits per heavy atom. The molecule has 0 amide bonds. The quantitative estimate of drug-likeness (QED) is 0.646. The molecule has 3 rings (SSSR count). The SMILES string of the molecule is CCOC(OCC)c1nc(-c2cc3ccccc3o2)no1. The fraction of sp³-hybridized carbons (Fsp3) is 0.333. The van der Waals surface area contributed by atoms with E-state index < -0.39 is 6.29 Å². The summed E-state index contributed by atoms with van der Waals surface area (Å²) in [6.07, 6.45) is -0.648. The minimum Gasteiger partial charge on any atom is -0.453 e. The third kappa shape index (κ3) is 2.81. The van der Waals surface area contributed by atoms with E-state index in [0.717, 1.165) is 11.0 Å². The van der Waals surface area contributed by atoms with Gasteiger partial charge >= 0.3 is 0 Å². The molecule has 0 saturated carbocycles. The smallest absolute Gasteiger partial charge is 0.284 e. The molecule has 0 atom stereocenters. The first kappa shape index (κ1) is 13.8. The van der Waals surface area contributed by atoms with Crippen molar-refractivity contribution in [2.45, 2.75) is 20.1 Å². The van der Waals surface area contributed by atoms with Crippen LogP contribution < -0.4 is 0 Å². The zero-order valence-electron chi connectivity index (χ0n) is 11.9. The molecular formula is C15H16N2O4. The molecule has 110 valence electrons. The zero-order valence-corrected chi connectivity index (χ0v) is 11.9. The highest BCUT2D eigenvalue weighted by Gasteiger charge is 2.21. The van der Waals surface area contributed by atoms with Gasteiger partial charge in [-0.1, -0.05) is 23.4 Å². The average Bonchev–Trinajstić information content (AvgIpc) is 3.13. The molecule has 2 aromatic heterocycles. The maximum Gasteiger partial charge on any atom is 0.284 e. The maximum atomic E-state index is 5.70. The van der Waals surface area contributed by atoms with Gasteiger partial charge in [-0.25, -0.2) is 0 Å². The lowest BCUT2D eigenvalue weighted by Crippen LogP contribution is -2.09. The van der Waals surface area contributed by atoms with Gasteiger partial charge in [-0.2, -0.15) is 4.98 Å². The standard InChI is InChI=1S/C15H16N2O4/c1-3-18-15(19-4-2)14-16-13(17-21-14)12-9-10-7-5-6-8-11(10)20-12/h5-9,15H,3-4H2,1-2H3. The van der Waals surface area contributed by atoms with E-state index in [1.807, 2.05) is 44.2 Å². The van der Waals surface area contributed by atoms with Crippen LogP contribution in [0.2, 0.25) is 0 Å². The summed E-state index contributed by atoms with van der Waals surface area (Å²) in [5, 5.41) is 4.92. The van der Waals surface area contributed by atoms with E-state index in [1.54, 1.807) is 0 Å². The van der Waals surface area contributed by atoms with E-state index in [-0.39, 0.29) is 5.89 Å². The topological polar surface area (TPSA) is 70.5 Å². The highest BCUT2D eigenvalue weighted by Crippen LogP contribution is 2.27. The van der Waals surface area contributed by atoms with E-state index in [2.05, 4.69) is 10.1 Å². The van der Waals surface area contributed by atoms with Crippen LogP contribution in [-0.4, -0.2) is 23.4 Å². The number of para-hydroxylation sites is 1. The molecule has 0 N–H and O–H groups in total. The van der Waals surface area contributed by atoms with Gasteiger partial charge in [-0.3, -0.25) is 0 Å². The third-order valence-electron chi connectivity index (χ3n) is 2.93. The first-order valence-electron chi connectivity index (χ1n) is 6.87. The molecule has 0 aliphatic carbocycles. The van der Waals surface area contributed by atoms with Crippen LogP contribution in [0.5, 0.6) is 0 Å². The van der Waals surface area contributed by atoms with Gasteiger partial charge in [-0.15, -0.1) is 0 Å². The first-order chi connectivity index (χ1) is 10.3. The molecule has 2 heterocycles. The van der Waals surface area contributed by atoms with Crippen molar-refractivity contribution in [2.75, 3.05) is 13.2 Å². The van der Waals surface area contributed by atoms with Gasteiger partial charge in [0.1, 0.15) is 5.58 Å². The van der Waals surface area contributed by atoms with E-state index in [9.17, 15) is 0 Å². The van der Waals surface area contributed by atoms with Crippen LogP contribution in [0.25, 0.3) is 22.6 Å². The summed E-state index contributed by atoms with van der Waals surface area (Å²) in [5.74, 6) is 1.22. The van der Waals surface area contributed by atoms with Crippen molar-refractivity contribution < 1.29 is 18.4 Å². The molecule has 0 aliphatic heterocycles. The number of ether oxygens (including phenoxy) is 2. The van der Waals surface area contributed by atoms with E-state index >= 15 is 0 Å². The molecule has 0 radical (unpaired) electrons. The molecule has 0 bridgehead atoms. The number of aromatic nitrogens is 2. The monoisotopic (exact) mass is 288 g/mol. The highest BCUT2D eigenvalue weighted by molar-refractivity contribution is 5.81. The van der Waals surface area contributed by atoms with Gasteiger partial charge in [0.15, 0.2) is 5.76 Å². The van der Waals surface area contributed by atoms with Crippen molar-refractivity contribution in [3.05, 3.63) is 36.2 Å². The van der Waals surface area contributed by atoms with E-state index in [1.165, 1.54) is 0 Å². The summed E-state index contributed by atoms with van der Waals surface area (Å²) in [6, 6.07) is 9.59. The maximum absolute atomic E-state index is 5.70. The molecule has 0 fully saturated rings. The summed E-state index contributed by atoms with van der Waals surface area (Å²) in [7, 11) is 0. The Bertz CT molecular complexity index is 680. The Morgan fingerprint density at radius 3 is 2.62 bits per heavy atom. The van der Waals surface area contributed by atoms with Gasteiger partial charge in [-0.05, 0) is 26.0 Å². The lowest BCUT2D eigenvalue weighted by molar-refractivity contribution is -0.155. The van der Waals surface area contributed by atoms with Crippen molar-refractivity contribution >= 4 is 11.0 Å². The lowest BCUT2D eigenvalue weighted by Gasteiger charge is -2.11. The largest absolute Gasteiger partial charge is 0.453 e. The Hall–Kier alpha value is -2.18. The summed E-state index contributed by atoms with van der Waals surface area (Å²) in [5.41, 5.74) is 0.782. The van der Waals surface area contributed by atoms with Crippen LogP contribution in [0, 0.1) is 0 Å². The van der Waals surface area contributed by atoms with Crippen molar-refractivity contribution in [2.24, 2.45) is 0 Å². The number of furan rings is 1. The molecule has 6 heteroatoms. The number of nitrogens with zero attached hydrogens (tertiary/aromatic N) is 2. The zero-order chi connectivity index (χ0) is 14.7. The fourth-order valence-corrected chi connectivity index (χ4v) is 2.02. The number of rotatable bonds is 6. The molecule has 0 aliphatic rings. The van der Waals surface area contributed by atoms with Crippen LogP contribution in [0.4, 0.5) is 0 Å². The molecule has 1 aromatic carbocycles. The number of hydrogen-bond donors (Lipinski definition) is 0. The highest BCUT2D eigenvalue weighted by atomic mass is 16.7. The van der Waals surface area contributed by atoms with Crippen molar-refractivity contribution in [3.8, 4) is 11.6 Å². The number of hydrogen-bond acceptors (Lipinski definition) is 6. The van der Waals surface area contributed by atoms with Gasteiger partial charge in [0.2, 0.25) is 12.1 Å². The lowest BCUT2D eigenvalue weighted by atomic mass is 10.2. The van der Waals surface area contributed by atoms with Crippen molar-refractivity contribution in [1.29, 1.82) is 0 Å². The number of fused-ring (bicyclic) bond motifs is 1. The Morgan fingerprint density at radius 2 is 1.90 bits per heavy atom. The summed E-state index contributed by atoms with van der Waals surface area (Å²) in [6.45, 7) is 4.74. The second kappa shape index (κ2) is 6.07. The van der Waals surface area contributed by atoms with E-state index in [0.29, 0.717) is 24.8 Å². The minimum atomic E-state index is -0.648. The molecule has 0 unspecified atom stereocenters. The Labute approximate surface area is 121 Å². The fourth-order valence-electron chi connectivity index (χ4n) is 2.02. The predicted octanol–water partition coefficient (Wildman–Crippen LogP) is 3.55.